The van der Waals surface area contributed by atoms with Gasteiger partial charge in [0.05, 0.1) is 54.9 Å². The molecular weight excluding hydrogens is 897 g/mol. The maximum absolute atomic E-state index is 12.8. The molecule has 0 aromatic heterocycles. The molecule has 0 bridgehead atoms. The molecule has 7 aliphatic rings. The molecular formula is C48H84O20. The van der Waals surface area contributed by atoms with E-state index in [1.807, 2.05) is 13.8 Å². The second-order valence-electron chi connectivity index (χ2n) is 23.9. The molecule has 0 radical (unpaired) electrons. The van der Waals surface area contributed by atoms with Crippen molar-refractivity contribution in [2.45, 2.75) is 241 Å². The van der Waals surface area contributed by atoms with E-state index in [-0.39, 0.29) is 18.8 Å². The van der Waals surface area contributed by atoms with Crippen molar-refractivity contribution in [3.05, 3.63) is 0 Å². The zero-order valence-electron chi connectivity index (χ0n) is 41.1. The van der Waals surface area contributed by atoms with Gasteiger partial charge in [-0.1, -0.05) is 34.6 Å². The first-order chi connectivity index (χ1) is 31.4. The lowest BCUT2D eigenvalue weighted by molar-refractivity contribution is -0.382. The Labute approximate surface area is 399 Å². The standard InChI is InChI=1S/C48H84O20/c1-20-30(54)33(57)36(60)40(63-20)67-38-35(59)32(56)25(19-50)66-42(38)64-23-17-47(8)26(45(6)13-11-27(52)43(2,3)39(23)45)16-22(51)29-21(10-14-46(29,47)7)48(9,15-12-28(53)44(4,5)62)68-41-37(61)34(58)31(55)24(18-49)65-41/h20-42,49-62H,10-19H2,1-9H3/t20-,21-,22+,23-,24+,25+,26+,27-,28?,29-,30-,31+,32+,33+,34-,35-,36+,37+,38+,39-,40-,41-,42+,45+,46+,47+,48-/m0/s1. The lowest BCUT2D eigenvalue weighted by Crippen LogP contribution is -2.71. The van der Waals surface area contributed by atoms with Gasteiger partial charge in [0.2, 0.25) is 0 Å². The summed E-state index contributed by atoms with van der Waals surface area (Å²) in [6.45, 7) is 15.3. The van der Waals surface area contributed by atoms with E-state index in [4.69, 9.17) is 28.4 Å². The number of fused-ring (bicyclic) bond motifs is 5. The summed E-state index contributed by atoms with van der Waals surface area (Å²) in [6, 6.07) is 0. The predicted molar refractivity (Wildman–Crippen MR) is 236 cm³/mol. The number of aliphatic hydroxyl groups excluding tert-OH is 13. The third-order valence-corrected chi connectivity index (χ3v) is 19.2. The van der Waals surface area contributed by atoms with Crippen molar-refractivity contribution in [1.29, 1.82) is 0 Å². The van der Waals surface area contributed by atoms with E-state index < -0.39 is 180 Å². The van der Waals surface area contributed by atoms with Gasteiger partial charge in [0.15, 0.2) is 18.9 Å². The number of aliphatic hydroxyl groups is 14. The first-order valence-corrected chi connectivity index (χ1v) is 24.8. The highest BCUT2D eigenvalue weighted by Crippen LogP contribution is 2.76. The summed E-state index contributed by atoms with van der Waals surface area (Å²) in [5, 5.41) is 154. The molecule has 7 fully saturated rings. The minimum Gasteiger partial charge on any atom is -0.394 e. The van der Waals surface area contributed by atoms with Crippen LogP contribution in [0, 0.1) is 45.3 Å². The van der Waals surface area contributed by atoms with Crippen LogP contribution in [0.4, 0.5) is 0 Å². The van der Waals surface area contributed by atoms with Gasteiger partial charge in [-0.15, -0.1) is 0 Å². The molecule has 3 aliphatic heterocycles. The third kappa shape index (κ3) is 9.06. The summed E-state index contributed by atoms with van der Waals surface area (Å²) < 4.78 is 37.9. The van der Waals surface area contributed by atoms with Gasteiger partial charge in [-0.05, 0) is 124 Å². The molecule has 396 valence electrons. The monoisotopic (exact) mass is 981 g/mol. The highest BCUT2D eigenvalue weighted by Gasteiger charge is 2.74. The highest BCUT2D eigenvalue weighted by molar-refractivity contribution is 5.22. The zero-order valence-corrected chi connectivity index (χ0v) is 41.1. The SMILES string of the molecule is C[C@@H]1O[C@@H](O[C@H]2[C@H](O[C@H]3C[C@]4(C)[C@H](C[C@@H](O)[C@@H]5[C@@H]([C@](C)(CCC(O)C(C)(C)O)O[C@@H]6O[C@H](CO)[C@@H](O)[C@H](O)[C@H]6O)CC[C@]54C)[C@@]4(C)CC[C@H](O)C(C)(C)[C@H]34)O[C@H](CO)[C@@H](O)[C@@H]2O)[C@H](O)[C@H](O)[C@H]1O. The van der Waals surface area contributed by atoms with Crippen LogP contribution in [-0.4, -0.2) is 212 Å². The Bertz CT molecular complexity index is 1720. The van der Waals surface area contributed by atoms with Gasteiger partial charge in [0, 0.05) is 0 Å². The quantitative estimate of drug-likeness (QED) is 0.0900. The van der Waals surface area contributed by atoms with Crippen LogP contribution in [-0.2, 0) is 28.4 Å². The van der Waals surface area contributed by atoms with Crippen LogP contribution in [0.3, 0.4) is 0 Å². The van der Waals surface area contributed by atoms with Crippen LogP contribution in [0.5, 0.6) is 0 Å². The molecule has 0 aromatic rings. The minimum atomic E-state index is -1.78. The smallest absolute Gasteiger partial charge is 0.187 e. The van der Waals surface area contributed by atoms with Crippen molar-refractivity contribution < 1.29 is 99.9 Å². The predicted octanol–water partition coefficient (Wildman–Crippen LogP) is -1.86. The maximum Gasteiger partial charge on any atom is 0.187 e. The van der Waals surface area contributed by atoms with Crippen LogP contribution in [0.25, 0.3) is 0 Å². The molecule has 20 nitrogen and oxygen atoms in total. The molecule has 0 spiro atoms. The summed E-state index contributed by atoms with van der Waals surface area (Å²) in [7, 11) is 0. The van der Waals surface area contributed by atoms with E-state index in [2.05, 4.69) is 20.8 Å². The molecule has 4 aliphatic carbocycles. The summed E-state index contributed by atoms with van der Waals surface area (Å²) in [6.07, 6.45) is -24.1. The Balaban J connectivity index is 1.27. The van der Waals surface area contributed by atoms with E-state index in [9.17, 15) is 71.5 Å². The Morgan fingerprint density at radius 3 is 1.84 bits per heavy atom. The fourth-order valence-electron chi connectivity index (χ4n) is 15.0. The average Bonchev–Trinajstić information content (AvgIpc) is 3.66. The molecule has 3 saturated heterocycles. The summed E-state index contributed by atoms with van der Waals surface area (Å²) in [5.41, 5.74) is -5.59. The zero-order chi connectivity index (χ0) is 50.6. The molecule has 1 unspecified atom stereocenters. The highest BCUT2D eigenvalue weighted by atomic mass is 16.8. The van der Waals surface area contributed by atoms with Crippen LogP contribution in [0.2, 0.25) is 0 Å². The van der Waals surface area contributed by atoms with Gasteiger partial charge in [0.25, 0.3) is 0 Å². The van der Waals surface area contributed by atoms with E-state index in [0.29, 0.717) is 38.5 Å². The Hall–Kier alpha value is -0.800. The van der Waals surface area contributed by atoms with Crippen LogP contribution < -0.4 is 0 Å². The number of hydrogen-bond donors (Lipinski definition) is 14. The summed E-state index contributed by atoms with van der Waals surface area (Å²) in [5.74, 6) is -1.57. The largest absolute Gasteiger partial charge is 0.394 e. The molecule has 20 heteroatoms. The molecule has 7 rings (SSSR count). The fraction of sp³-hybridized carbons (Fsp3) is 1.00. The van der Waals surface area contributed by atoms with Gasteiger partial charge in [-0.2, -0.15) is 0 Å². The van der Waals surface area contributed by atoms with Gasteiger partial charge in [-0.25, -0.2) is 0 Å². The third-order valence-electron chi connectivity index (χ3n) is 19.2. The molecule has 27 atom stereocenters. The van der Waals surface area contributed by atoms with Crippen LogP contribution in [0.1, 0.15) is 114 Å². The van der Waals surface area contributed by atoms with Crippen LogP contribution >= 0.6 is 0 Å². The molecule has 14 N–H and O–H groups in total. The molecule has 0 amide bonds. The second kappa shape index (κ2) is 19.5. The Morgan fingerprint density at radius 2 is 1.24 bits per heavy atom. The van der Waals surface area contributed by atoms with Crippen molar-refractivity contribution in [2.75, 3.05) is 13.2 Å². The lowest BCUT2D eigenvalue weighted by atomic mass is 9.34. The van der Waals surface area contributed by atoms with Crippen molar-refractivity contribution in [3.8, 4) is 0 Å². The molecule has 0 aromatic carbocycles. The average molecular weight is 981 g/mol. The lowest BCUT2D eigenvalue weighted by Gasteiger charge is -2.72. The first-order valence-electron chi connectivity index (χ1n) is 24.8. The molecule has 4 saturated carbocycles. The van der Waals surface area contributed by atoms with Gasteiger partial charge in [0.1, 0.15) is 67.1 Å². The second-order valence-corrected chi connectivity index (χ2v) is 23.9. The maximum atomic E-state index is 12.8. The molecule has 68 heavy (non-hydrogen) atoms. The van der Waals surface area contributed by atoms with Crippen molar-refractivity contribution in [3.63, 3.8) is 0 Å². The fourth-order valence-corrected chi connectivity index (χ4v) is 15.0. The first kappa shape index (κ1) is 55.0. The van der Waals surface area contributed by atoms with E-state index in [1.54, 1.807) is 6.92 Å². The van der Waals surface area contributed by atoms with Crippen molar-refractivity contribution >= 4 is 0 Å². The van der Waals surface area contributed by atoms with Crippen molar-refractivity contribution in [2.24, 2.45) is 45.3 Å². The van der Waals surface area contributed by atoms with E-state index in [0.717, 1.165) is 0 Å². The van der Waals surface area contributed by atoms with E-state index in [1.165, 1.54) is 20.8 Å². The van der Waals surface area contributed by atoms with E-state index >= 15 is 0 Å². The van der Waals surface area contributed by atoms with Gasteiger partial charge < -0.3 is 99.9 Å². The normalized spacial score (nSPS) is 53.2. The van der Waals surface area contributed by atoms with Gasteiger partial charge in [-0.3, -0.25) is 0 Å². The van der Waals surface area contributed by atoms with Crippen molar-refractivity contribution in [1.82, 2.24) is 0 Å². The topological polar surface area (TPSA) is 339 Å². The Kier molecular flexibility index (Phi) is 15.7. The van der Waals surface area contributed by atoms with Crippen LogP contribution in [0.15, 0.2) is 0 Å². The number of hydrogen-bond acceptors (Lipinski definition) is 20. The molecule has 3 heterocycles. The Morgan fingerprint density at radius 1 is 0.662 bits per heavy atom. The number of ether oxygens (including phenoxy) is 6. The van der Waals surface area contributed by atoms with Gasteiger partial charge >= 0.3 is 0 Å². The summed E-state index contributed by atoms with van der Waals surface area (Å²) in [4.78, 5) is 0. The summed E-state index contributed by atoms with van der Waals surface area (Å²) >= 11 is 0. The minimum absolute atomic E-state index is 0.0296. The number of rotatable bonds is 13.